The monoisotopic (exact) mass is 1090 g/mol. The summed E-state index contributed by atoms with van der Waals surface area (Å²) in [7, 11) is 0. The quantitative estimate of drug-likeness (QED) is 0.0452. The SMILES string of the molecule is CCc1ccnc(NC(=O)c2ccc(-c3nc(C4CCCCCN4)n(N)c3C(N)=O)cc2)c1.CCc1ccnc(NC(=O)c2ccc(-c3nc(C4CCCCCN4C(=O)OC(C)(C)C)n(N)c3C(N)=O)cc2)c1.O=CC(F)(F)F. The predicted octanol–water partition coefficient (Wildman–Crippen LogP) is 7.95. The number of halogens is 3. The molecule has 21 nitrogen and oxygen atoms in total. The van der Waals surface area contributed by atoms with Crippen molar-refractivity contribution >= 4 is 47.6 Å². The smallest absolute Gasteiger partial charge is 0.444 e. The van der Waals surface area contributed by atoms with Crippen LogP contribution in [0.3, 0.4) is 0 Å². The molecule has 2 saturated heterocycles. The number of carbonyl (C=O) groups excluding carboxylic acids is 6. The first-order valence-electron chi connectivity index (χ1n) is 25.9. The molecule has 0 saturated carbocycles. The number of hydrogen-bond acceptors (Lipinski definition) is 14. The standard InChI is InChI=1S/C29H37N7O4.C24H29N7O2.C2HF3O/c1-5-18-14-15-32-22(17-18)33-27(38)20-12-10-19(11-13-20)23-24(25(30)37)36(31)26(34-23)21-9-7-6-8-16-35(21)28(39)40-29(2,3)4;1-2-15-11-13-28-19(14-15)29-24(33)17-9-7-16(8-10-17)20-21(22(25)32)31(26)23(30-20)18-6-4-3-5-12-27-18;3-2(4,5)1-6/h10-15,17,21H,5-9,16,31H2,1-4H3,(H2,30,37)(H,32,33,38);7-11,13-14,18,27H,2-6,12,26H2,1H3,(H2,25,32)(H,28,29,33);1H. The molecule has 2 aromatic carbocycles. The van der Waals surface area contributed by atoms with Crippen molar-refractivity contribution in [1.29, 1.82) is 0 Å². The lowest BCUT2D eigenvalue weighted by Gasteiger charge is -2.31. The number of alkyl halides is 3. The Labute approximate surface area is 455 Å². The van der Waals surface area contributed by atoms with Crippen molar-refractivity contribution in [2.75, 3.05) is 35.4 Å². The van der Waals surface area contributed by atoms with E-state index in [4.69, 9.17) is 42.7 Å². The maximum absolute atomic E-state index is 13.1. The van der Waals surface area contributed by atoms with Crippen LogP contribution >= 0.6 is 0 Å². The average Bonchev–Trinajstić information content (AvgIpc) is 3.70. The number of amides is 5. The molecule has 2 fully saturated rings. The van der Waals surface area contributed by atoms with Gasteiger partial charge in [0.05, 0.1) is 12.1 Å². The molecule has 0 spiro atoms. The van der Waals surface area contributed by atoms with Gasteiger partial charge in [-0.3, -0.25) is 28.9 Å². The molecule has 79 heavy (non-hydrogen) atoms. The molecule has 2 aliphatic heterocycles. The summed E-state index contributed by atoms with van der Waals surface area (Å²) in [5.41, 5.74) is 15.8. The van der Waals surface area contributed by atoms with Crippen LogP contribution in [0.25, 0.3) is 22.5 Å². The van der Waals surface area contributed by atoms with Crippen LogP contribution in [0.2, 0.25) is 0 Å². The lowest BCUT2D eigenvalue weighted by molar-refractivity contribution is -0.156. The van der Waals surface area contributed by atoms with Crippen LogP contribution < -0.4 is 39.1 Å². The van der Waals surface area contributed by atoms with Gasteiger partial charge in [0.1, 0.15) is 34.4 Å². The molecule has 6 aromatic rings. The van der Waals surface area contributed by atoms with Crippen molar-refractivity contribution in [2.24, 2.45) is 11.5 Å². The van der Waals surface area contributed by atoms with Crippen LogP contribution in [-0.2, 0) is 22.4 Å². The van der Waals surface area contributed by atoms with E-state index in [-0.39, 0.29) is 34.9 Å². The third-order valence-corrected chi connectivity index (χ3v) is 12.8. The van der Waals surface area contributed by atoms with Crippen molar-refractivity contribution in [1.82, 2.24) is 39.5 Å². The van der Waals surface area contributed by atoms with Gasteiger partial charge in [-0.25, -0.2) is 34.1 Å². The summed E-state index contributed by atoms with van der Waals surface area (Å²) in [6, 6.07) is 20.4. The summed E-state index contributed by atoms with van der Waals surface area (Å²) < 4.78 is 39.4. The molecule has 24 heteroatoms. The van der Waals surface area contributed by atoms with Gasteiger partial charge < -0.3 is 43.8 Å². The van der Waals surface area contributed by atoms with Gasteiger partial charge in [-0.05, 0) is 125 Å². The molecule has 2 aliphatic rings. The Morgan fingerprint density at radius 3 is 1.59 bits per heavy atom. The Kier molecular flexibility index (Phi) is 20.1. The number of likely N-dealkylation sites (tertiary alicyclic amines) is 1. The first kappa shape index (κ1) is 59.6. The molecular weight excluding hydrogens is 1030 g/mol. The molecule has 0 radical (unpaired) electrons. The maximum atomic E-state index is 13.1. The number of pyridine rings is 2. The van der Waals surface area contributed by atoms with E-state index >= 15 is 0 Å². The zero-order chi connectivity index (χ0) is 57.6. The number of benzene rings is 2. The highest BCUT2D eigenvalue weighted by atomic mass is 19.4. The normalized spacial score (nSPS) is 15.6. The van der Waals surface area contributed by atoms with Gasteiger partial charge in [0, 0.05) is 41.2 Å². The second-order valence-electron chi connectivity index (χ2n) is 19.7. The highest BCUT2D eigenvalue weighted by molar-refractivity contribution is 6.05. The lowest BCUT2D eigenvalue weighted by atomic mass is 10.1. The number of carbonyl (C=O) groups is 6. The van der Waals surface area contributed by atoms with Gasteiger partial charge in [0.15, 0.2) is 17.2 Å². The molecular formula is C55H67F3N14O7. The molecule has 4 aromatic heterocycles. The van der Waals surface area contributed by atoms with E-state index in [1.54, 1.807) is 65.8 Å². The van der Waals surface area contributed by atoms with E-state index in [1.165, 1.54) is 9.35 Å². The van der Waals surface area contributed by atoms with E-state index in [2.05, 4.69) is 25.9 Å². The topological polar surface area (TPSA) is 316 Å². The number of hydrogen-bond donors (Lipinski definition) is 7. The molecule has 2 unspecified atom stereocenters. The molecule has 420 valence electrons. The molecule has 0 aliphatic carbocycles. The van der Waals surface area contributed by atoms with Gasteiger partial charge in [0.25, 0.3) is 23.6 Å². The van der Waals surface area contributed by atoms with Gasteiger partial charge in [-0.2, -0.15) is 13.2 Å². The van der Waals surface area contributed by atoms with Gasteiger partial charge in [-0.1, -0.05) is 63.8 Å². The molecule has 0 bridgehead atoms. The van der Waals surface area contributed by atoms with Crippen molar-refractivity contribution < 1.29 is 46.7 Å². The van der Waals surface area contributed by atoms with Crippen LogP contribution in [0.4, 0.5) is 29.6 Å². The summed E-state index contributed by atoms with van der Waals surface area (Å²) >= 11 is 0. The van der Waals surface area contributed by atoms with E-state index in [9.17, 15) is 37.1 Å². The largest absolute Gasteiger partial charge is 0.446 e. The number of nitrogens with zero attached hydrogens (tertiary/aromatic N) is 7. The number of aromatic nitrogens is 6. The van der Waals surface area contributed by atoms with Crippen molar-refractivity contribution in [3.63, 3.8) is 0 Å². The third-order valence-electron chi connectivity index (χ3n) is 12.8. The Hall–Kier alpha value is -8.67. The van der Waals surface area contributed by atoms with Gasteiger partial charge in [-0.15, -0.1) is 0 Å². The maximum Gasteiger partial charge on any atom is 0.446 e. The van der Waals surface area contributed by atoms with Crippen LogP contribution in [0.1, 0.15) is 163 Å². The molecule has 5 amide bonds. The Bertz CT molecular complexity index is 3110. The molecule has 8 rings (SSSR count). The number of aryl methyl sites for hydroxylation is 2. The van der Waals surface area contributed by atoms with E-state index < -0.39 is 42.0 Å². The van der Waals surface area contributed by atoms with Gasteiger partial charge >= 0.3 is 12.3 Å². The van der Waals surface area contributed by atoms with Crippen molar-refractivity contribution in [3.05, 3.63) is 130 Å². The first-order valence-corrected chi connectivity index (χ1v) is 25.9. The van der Waals surface area contributed by atoms with Crippen molar-refractivity contribution in [2.45, 2.75) is 123 Å². The number of ether oxygens (including phenoxy) is 1. The fourth-order valence-electron chi connectivity index (χ4n) is 8.88. The number of nitrogen functional groups attached to an aromatic ring is 2. The van der Waals surface area contributed by atoms with Crippen LogP contribution in [0, 0.1) is 0 Å². The summed E-state index contributed by atoms with van der Waals surface area (Å²) in [4.78, 5) is 91.5. The third kappa shape index (κ3) is 16.0. The minimum absolute atomic E-state index is 0.0150. The Morgan fingerprint density at radius 2 is 1.14 bits per heavy atom. The van der Waals surface area contributed by atoms with E-state index in [0.29, 0.717) is 64.2 Å². The number of nitrogens with one attached hydrogen (secondary N) is 3. The number of primary amides is 2. The second kappa shape index (κ2) is 26.6. The number of nitrogens with two attached hydrogens (primary N) is 4. The number of aldehydes is 1. The number of anilines is 2. The average molecular weight is 1090 g/mol. The molecule has 11 N–H and O–H groups in total. The summed E-state index contributed by atoms with van der Waals surface area (Å²) in [6.45, 7) is 10.9. The minimum atomic E-state index is -4.64. The zero-order valence-corrected chi connectivity index (χ0v) is 44.7. The van der Waals surface area contributed by atoms with Crippen LogP contribution in [0.5, 0.6) is 0 Å². The Morgan fingerprint density at radius 1 is 0.684 bits per heavy atom. The lowest BCUT2D eigenvalue weighted by Crippen LogP contribution is -2.40. The Balaban J connectivity index is 0.000000234. The fraction of sp³-hybridized carbons (Fsp3) is 0.382. The molecule has 6 heterocycles. The van der Waals surface area contributed by atoms with E-state index in [0.717, 1.165) is 75.5 Å². The predicted molar refractivity (Wildman–Crippen MR) is 291 cm³/mol. The summed E-state index contributed by atoms with van der Waals surface area (Å²) in [5.74, 6) is 12.6. The second-order valence-corrected chi connectivity index (χ2v) is 19.7. The first-order chi connectivity index (χ1) is 37.5. The van der Waals surface area contributed by atoms with E-state index in [1.807, 2.05) is 58.9 Å². The summed E-state index contributed by atoms with van der Waals surface area (Å²) in [6.07, 6.45) is 6.27. The fourth-order valence-corrected chi connectivity index (χ4v) is 8.88. The highest BCUT2D eigenvalue weighted by Gasteiger charge is 2.36. The summed E-state index contributed by atoms with van der Waals surface area (Å²) in [5, 5.41) is 9.06. The van der Waals surface area contributed by atoms with Crippen LogP contribution in [0.15, 0.2) is 85.2 Å². The number of rotatable bonds is 12. The molecule has 2 atom stereocenters. The van der Waals surface area contributed by atoms with Crippen molar-refractivity contribution in [3.8, 4) is 22.5 Å². The zero-order valence-electron chi connectivity index (χ0n) is 44.7. The van der Waals surface area contributed by atoms with Gasteiger partial charge in [0.2, 0.25) is 6.29 Å². The number of imidazole rings is 2. The highest BCUT2D eigenvalue weighted by Crippen LogP contribution is 2.35. The minimum Gasteiger partial charge on any atom is -0.444 e. The van der Waals surface area contributed by atoms with Crippen LogP contribution in [-0.4, -0.2) is 95.1 Å².